The molecule has 2 aromatic rings. The first-order valence-corrected chi connectivity index (χ1v) is 14.2. The molecule has 0 aliphatic heterocycles. The van der Waals surface area contributed by atoms with Crippen molar-refractivity contribution in [1.82, 2.24) is 0 Å². The second-order valence-corrected chi connectivity index (χ2v) is 12.0. The van der Waals surface area contributed by atoms with E-state index < -0.39 is 5.60 Å². The summed E-state index contributed by atoms with van der Waals surface area (Å²) in [6.07, 6.45) is 12.5. The van der Waals surface area contributed by atoms with Crippen LogP contribution < -0.4 is 4.74 Å². The average Bonchev–Trinajstić information content (AvgIpc) is 3.10. The Labute approximate surface area is 218 Å². The molecule has 7 atom stereocenters. The van der Waals surface area contributed by atoms with E-state index in [9.17, 15) is 5.11 Å². The maximum atomic E-state index is 12.2. The van der Waals surface area contributed by atoms with Crippen molar-refractivity contribution in [3.8, 4) is 5.75 Å². The average molecular weight is 485 g/mol. The number of rotatable bonds is 9. The van der Waals surface area contributed by atoms with Gasteiger partial charge in [0.15, 0.2) is 0 Å². The van der Waals surface area contributed by atoms with Crippen LogP contribution in [0.2, 0.25) is 0 Å². The molecule has 2 saturated carbocycles. The quantitative estimate of drug-likeness (QED) is 0.363. The number of fused-ring (bicyclic) bond motifs is 5. The molecule has 36 heavy (non-hydrogen) atoms. The van der Waals surface area contributed by atoms with Gasteiger partial charge in [0.1, 0.15) is 12.4 Å². The van der Waals surface area contributed by atoms with E-state index >= 15 is 0 Å². The molecule has 0 spiro atoms. The lowest BCUT2D eigenvalue weighted by molar-refractivity contribution is -0.124. The minimum Gasteiger partial charge on any atom is -0.489 e. The fraction of sp³-hybridized carbons (Fsp3) is 0.529. The molecule has 0 amide bonds. The molecule has 3 aliphatic rings. The summed E-state index contributed by atoms with van der Waals surface area (Å²) in [7, 11) is 0. The molecule has 0 aromatic heterocycles. The summed E-state index contributed by atoms with van der Waals surface area (Å²) in [4.78, 5) is 0. The molecular formula is C34H44O2. The van der Waals surface area contributed by atoms with Crippen molar-refractivity contribution in [1.29, 1.82) is 0 Å². The van der Waals surface area contributed by atoms with Crippen LogP contribution in [0.1, 0.15) is 81.4 Å². The van der Waals surface area contributed by atoms with Gasteiger partial charge in [-0.2, -0.15) is 0 Å². The number of hydrogen-bond donors (Lipinski definition) is 1. The van der Waals surface area contributed by atoms with Gasteiger partial charge in [-0.15, -0.1) is 13.2 Å². The van der Waals surface area contributed by atoms with Crippen molar-refractivity contribution >= 4 is 0 Å². The number of hydrogen-bond acceptors (Lipinski definition) is 2. The van der Waals surface area contributed by atoms with E-state index in [-0.39, 0.29) is 11.3 Å². The predicted molar refractivity (Wildman–Crippen MR) is 149 cm³/mol. The van der Waals surface area contributed by atoms with Crippen LogP contribution >= 0.6 is 0 Å². The van der Waals surface area contributed by atoms with Gasteiger partial charge in [0.05, 0.1) is 5.60 Å². The molecular weight excluding hydrogens is 440 g/mol. The van der Waals surface area contributed by atoms with Crippen molar-refractivity contribution in [2.24, 2.45) is 29.1 Å². The lowest BCUT2D eigenvalue weighted by Gasteiger charge is -2.56. The number of aliphatic hydroxyl groups is 1. The Bertz CT molecular complexity index is 1070. The SMILES string of the molecule is C=CC[C@@H]1CC2C3C(CC[C@]2(C)[C@]1(O)CC=C)c1ccc(OCc2ccccc2)cc1C[C@H]3CCC. The number of ether oxygens (including phenoxy) is 1. The van der Waals surface area contributed by atoms with Crippen molar-refractivity contribution < 1.29 is 9.84 Å². The maximum absolute atomic E-state index is 12.2. The molecule has 0 heterocycles. The summed E-state index contributed by atoms with van der Waals surface area (Å²) in [5.41, 5.74) is 3.50. The van der Waals surface area contributed by atoms with Crippen LogP contribution in [-0.4, -0.2) is 10.7 Å². The highest BCUT2D eigenvalue weighted by molar-refractivity contribution is 5.42. The Kier molecular flexibility index (Phi) is 7.18. The second kappa shape index (κ2) is 10.2. The van der Waals surface area contributed by atoms with Crippen molar-refractivity contribution in [3.05, 3.63) is 90.5 Å². The van der Waals surface area contributed by atoms with Crippen molar-refractivity contribution in [2.75, 3.05) is 0 Å². The Morgan fingerprint density at radius 3 is 2.64 bits per heavy atom. The van der Waals surface area contributed by atoms with E-state index in [4.69, 9.17) is 4.74 Å². The normalized spacial score (nSPS) is 34.8. The van der Waals surface area contributed by atoms with Gasteiger partial charge in [0.25, 0.3) is 0 Å². The minimum absolute atomic E-state index is 0.0573. The van der Waals surface area contributed by atoms with E-state index in [0.717, 1.165) is 37.9 Å². The summed E-state index contributed by atoms with van der Waals surface area (Å²) in [5.74, 6) is 3.70. The van der Waals surface area contributed by atoms with Crippen LogP contribution in [0.5, 0.6) is 5.75 Å². The van der Waals surface area contributed by atoms with Gasteiger partial charge in [0.2, 0.25) is 0 Å². The molecule has 5 rings (SSSR count). The first kappa shape index (κ1) is 25.3. The van der Waals surface area contributed by atoms with Crippen LogP contribution in [0.4, 0.5) is 0 Å². The third-order valence-electron chi connectivity index (χ3n) is 10.3. The highest BCUT2D eigenvalue weighted by Crippen LogP contribution is 2.68. The Hall–Kier alpha value is -2.32. The van der Waals surface area contributed by atoms with Crippen molar-refractivity contribution in [2.45, 2.75) is 83.3 Å². The fourth-order valence-electron chi connectivity index (χ4n) is 8.63. The van der Waals surface area contributed by atoms with Gasteiger partial charge in [0, 0.05) is 5.41 Å². The van der Waals surface area contributed by atoms with Crippen LogP contribution in [-0.2, 0) is 13.0 Å². The number of benzene rings is 2. The van der Waals surface area contributed by atoms with Crippen LogP contribution in [0, 0.1) is 29.1 Å². The molecule has 2 heteroatoms. The third-order valence-corrected chi connectivity index (χ3v) is 10.3. The van der Waals surface area contributed by atoms with E-state index in [2.05, 4.69) is 69.5 Å². The number of allylic oxidation sites excluding steroid dienone is 1. The summed E-state index contributed by atoms with van der Waals surface area (Å²) < 4.78 is 6.22. The Morgan fingerprint density at radius 1 is 1.11 bits per heavy atom. The molecule has 3 unspecified atom stereocenters. The predicted octanol–water partition coefficient (Wildman–Crippen LogP) is 8.26. The highest BCUT2D eigenvalue weighted by atomic mass is 16.5. The molecule has 0 bridgehead atoms. The lowest BCUT2D eigenvalue weighted by atomic mass is 9.50. The fourth-order valence-corrected chi connectivity index (χ4v) is 8.63. The first-order chi connectivity index (χ1) is 17.4. The van der Waals surface area contributed by atoms with E-state index in [1.54, 1.807) is 5.56 Å². The zero-order valence-corrected chi connectivity index (χ0v) is 22.3. The molecule has 2 nitrogen and oxygen atoms in total. The lowest BCUT2D eigenvalue weighted by Crippen LogP contribution is -2.53. The topological polar surface area (TPSA) is 29.5 Å². The molecule has 1 N–H and O–H groups in total. The maximum Gasteiger partial charge on any atom is 0.120 e. The molecule has 0 saturated heterocycles. The van der Waals surface area contributed by atoms with Gasteiger partial charge in [-0.05, 0) is 96.9 Å². The highest BCUT2D eigenvalue weighted by Gasteiger charge is 2.65. The van der Waals surface area contributed by atoms with Crippen LogP contribution in [0.15, 0.2) is 73.8 Å². The Balaban J connectivity index is 1.45. The van der Waals surface area contributed by atoms with Gasteiger partial charge in [-0.3, -0.25) is 0 Å². The smallest absolute Gasteiger partial charge is 0.120 e. The monoisotopic (exact) mass is 484 g/mol. The summed E-state index contributed by atoms with van der Waals surface area (Å²) in [6, 6.07) is 17.3. The zero-order chi connectivity index (χ0) is 25.3. The van der Waals surface area contributed by atoms with Gasteiger partial charge < -0.3 is 9.84 Å². The van der Waals surface area contributed by atoms with Gasteiger partial charge in [-0.25, -0.2) is 0 Å². The van der Waals surface area contributed by atoms with E-state index in [1.807, 2.05) is 18.2 Å². The standard InChI is InChI=1S/C34H44O2/c1-5-11-25-20-26-21-28(36-23-24-13-9-8-10-14-24)15-16-29(26)30-17-19-33(4)31(32(25)30)22-27(12-6-2)34(33,35)18-7-3/h6-10,13-16,21,25,27,30-32,35H,2-3,5,11-12,17-20,22-23H2,1,4H3/t25-,27-,30?,31?,32?,33+,34+/m1/s1. The molecule has 192 valence electrons. The molecule has 2 aromatic carbocycles. The van der Waals surface area contributed by atoms with E-state index in [0.29, 0.717) is 36.7 Å². The van der Waals surface area contributed by atoms with Crippen molar-refractivity contribution in [3.63, 3.8) is 0 Å². The third kappa shape index (κ3) is 4.16. The van der Waals surface area contributed by atoms with Crippen LogP contribution in [0.3, 0.4) is 0 Å². The summed E-state index contributed by atoms with van der Waals surface area (Å²) in [5, 5.41) is 12.2. The molecule has 3 aliphatic carbocycles. The second-order valence-electron chi connectivity index (χ2n) is 12.0. The molecule has 2 fully saturated rings. The first-order valence-electron chi connectivity index (χ1n) is 14.2. The van der Waals surface area contributed by atoms with Gasteiger partial charge >= 0.3 is 0 Å². The van der Waals surface area contributed by atoms with E-state index in [1.165, 1.54) is 24.0 Å². The molecule has 0 radical (unpaired) electrons. The zero-order valence-electron chi connectivity index (χ0n) is 22.3. The van der Waals surface area contributed by atoms with Crippen LogP contribution in [0.25, 0.3) is 0 Å². The minimum atomic E-state index is -0.676. The Morgan fingerprint density at radius 2 is 1.92 bits per heavy atom. The summed E-state index contributed by atoms with van der Waals surface area (Å²) in [6.45, 7) is 13.4. The largest absolute Gasteiger partial charge is 0.489 e. The summed E-state index contributed by atoms with van der Waals surface area (Å²) >= 11 is 0. The van der Waals surface area contributed by atoms with Gasteiger partial charge in [-0.1, -0.05) is 75.2 Å².